The molecular weight excluding hydrogens is 381 g/mol. The number of benzene rings is 2. The van der Waals surface area contributed by atoms with E-state index in [1.54, 1.807) is 12.1 Å². The fraction of sp³-hybridized carbons (Fsp3) is 0.333. The third kappa shape index (κ3) is 3.69. The standard InChI is InChI=1S/C21H21Cl2N3O/c1-14-8-10-25(11-9-14)20(27)13-26-19-5-3-2-4-18(19)24-21(26)16-7-6-15(22)12-17(16)23/h2-7,12,14H,8-11,13H2,1H3. The lowest BCUT2D eigenvalue weighted by Crippen LogP contribution is -2.39. The highest BCUT2D eigenvalue weighted by molar-refractivity contribution is 6.36. The van der Waals surface area contributed by atoms with Crippen LogP contribution in [0.5, 0.6) is 0 Å². The Kier molecular flexibility index (Phi) is 5.11. The molecule has 1 fully saturated rings. The summed E-state index contributed by atoms with van der Waals surface area (Å²) >= 11 is 12.5. The van der Waals surface area contributed by atoms with E-state index in [2.05, 4.69) is 6.92 Å². The molecule has 4 nitrogen and oxygen atoms in total. The van der Waals surface area contributed by atoms with Crippen molar-refractivity contribution in [3.63, 3.8) is 0 Å². The van der Waals surface area contributed by atoms with Gasteiger partial charge in [-0.15, -0.1) is 0 Å². The van der Waals surface area contributed by atoms with Crippen molar-refractivity contribution in [1.29, 1.82) is 0 Å². The van der Waals surface area contributed by atoms with Crippen LogP contribution >= 0.6 is 23.2 Å². The Morgan fingerprint density at radius 2 is 1.89 bits per heavy atom. The van der Waals surface area contributed by atoms with Gasteiger partial charge in [0.2, 0.25) is 5.91 Å². The highest BCUT2D eigenvalue weighted by atomic mass is 35.5. The normalized spacial score (nSPS) is 15.4. The summed E-state index contributed by atoms with van der Waals surface area (Å²) in [6.45, 7) is 4.14. The minimum atomic E-state index is 0.122. The number of carbonyl (C=O) groups excluding carboxylic acids is 1. The molecule has 1 aromatic heterocycles. The molecule has 0 spiro atoms. The first kappa shape index (κ1) is 18.3. The fourth-order valence-corrected chi connectivity index (χ4v) is 4.10. The smallest absolute Gasteiger partial charge is 0.242 e. The van der Waals surface area contributed by atoms with E-state index in [0.717, 1.165) is 42.5 Å². The number of nitrogens with zero attached hydrogens (tertiary/aromatic N) is 3. The molecular formula is C21H21Cl2N3O. The average molecular weight is 402 g/mol. The predicted octanol–water partition coefficient (Wildman–Crippen LogP) is 5.27. The molecule has 1 aliphatic rings. The third-order valence-electron chi connectivity index (χ3n) is 5.26. The summed E-state index contributed by atoms with van der Waals surface area (Å²) < 4.78 is 1.96. The zero-order valence-corrected chi connectivity index (χ0v) is 16.7. The molecule has 27 heavy (non-hydrogen) atoms. The zero-order chi connectivity index (χ0) is 19.0. The first-order chi connectivity index (χ1) is 13.0. The van der Waals surface area contributed by atoms with E-state index in [1.165, 1.54) is 0 Å². The number of para-hydroxylation sites is 2. The first-order valence-corrected chi connectivity index (χ1v) is 9.97. The SMILES string of the molecule is CC1CCN(C(=O)Cn2c(-c3ccc(Cl)cc3Cl)nc3ccccc32)CC1. The van der Waals surface area contributed by atoms with Crippen LogP contribution in [0.4, 0.5) is 0 Å². The van der Waals surface area contributed by atoms with E-state index < -0.39 is 0 Å². The van der Waals surface area contributed by atoms with Crippen molar-refractivity contribution in [2.45, 2.75) is 26.3 Å². The maximum absolute atomic E-state index is 13.0. The predicted molar refractivity (Wildman–Crippen MR) is 110 cm³/mol. The summed E-state index contributed by atoms with van der Waals surface area (Å²) in [5.74, 6) is 1.50. The lowest BCUT2D eigenvalue weighted by Gasteiger charge is -2.30. The van der Waals surface area contributed by atoms with Crippen molar-refractivity contribution in [1.82, 2.24) is 14.5 Å². The molecule has 0 N–H and O–H groups in total. The van der Waals surface area contributed by atoms with Gasteiger partial charge in [-0.05, 0) is 49.1 Å². The minimum absolute atomic E-state index is 0.122. The average Bonchev–Trinajstić information content (AvgIpc) is 3.00. The molecule has 1 saturated heterocycles. The number of rotatable bonds is 3. The van der Waals surface area contributed by atoms with Gasteiger partial charge >= 0.3 is 0 Å². The van der Waals surface area contributed by atoms with Crippen LogP contribution in [0, 0.1) is 5.92 Å². The molecule has 2 aromatic carbocycles. The van der Waals surface area contributed by atoms with Crippen molar-refractivity contribution in [2.75, 3.05) is 13.1 Å². The van der Waals surface area contributed by atoms with Gasteiger partial charge in [0.1, 0.15) is 12.4 Å². The Bertz CT molecular complexity index is 990. The number of imidazole rings is 1. The van der Waals surface area contributed by atoms with E-state index in [4.69, 9.17) is 28.2 Å². The molecule has 140 valence electrons. The molecule has 2 heterocycles. The minimum Gasteiger partial charge on any atom is -0.341 e. The van der Waals surface area contributed by atoms with Gasteiger partial charge in [-0.3, -0.25) is 4.79 Å². The summed E-state index contributed by atoms with van der Waals surface area (Å²) in [4.78, 5) is 19.7. The van der Waals surface area contributed by atoms with Crippen LogP contribution in [0.15, 0.2) is 42.5 Å². The number of piperidine rings is 1. The van der Waals surface area contributed by atoms with Crippen LogP contribution in [-0.2, 0) is 11.3 Å². The quantitative estimate of drug-likeness (QED) is 0.599. The molecule has 0 atom stereocenters. The van der Waals surface area contributed by atoms with E-state index in [0.29, 0.717) is 21.8 Å². The summed E-state index contributed by atoms with van der Waals surface area (Å²) in [6.07, 6.45) is 2.12. The topological polar surface area (TPSA) is 38.1 Å². The van der Waals surface area contributed by atoms with Crippen LogP contribution in [0.2, 0.25) is 10.0 Å². The molecule has 1 aliphatic heterocycles. The van der Waals surface area contributed by atoms with Crippen LogP contribution in [0.1, 0.15) is 19.8 Å². The Morgan fingerprint density at radius 3 is 2.63 bits per heavy atom. The lowest BCUT2D eigenvalue weighted by molar-refractivity contribution is -0.133. The second-order valence-electron chi connectivity index (χ2n) is 7.20. The van der Waals surface area contributed by atoms with Crippen molar-refractivity contribution in [3.05, 3.63) is 52.5 Å². The number of halogens is 2. The number of carbonyl (C=O) groups is 1. The monoisotopic (exact) mass is 401 g/mol. The van der Waals surface area contributed by atoms with E-state index in [9.17, 15) is 4.79 Å². The molecule has 0 radical (unpaired) electrons. The Hall–Kier alpha value is -2.04. The number of hydrogen-bond donors (Lipinski definition) is 0. The largest absolute Gasteiger partial charge is 0.341 e. The maximum atomic E-state index is 13.0. The Balaban J connectivity index is 1.73. The third-order valence-corrected chi connectivity index (χ3v) is 5.80. The van der Waals surface area contributed by atoms with Crippen LogP contribution < -0.4 is 0 Å². The van der Waals surface area contributed by atoms with Gasteiger partial charge in [0.15, 0.2) is 0 Å². The number of hydrogen-bond acceptors (Lipinski definition) is 2. The highest BCUT2D eigenvalue weighted by Crippen LogP contribution is 2.32. The zero-order valence-electron chi connectivity index (χ0n) is 15.2. The summed E-state index contributed by atoms with van der Waals surface area (Å²) in [5.41, 5.74) is 2.55. The van der Waals surface area contributed by atoms with Gasteiger partial charge < -0.3 is 9.47 Å². The second kappa shape index (κ2) is 7.53. The van der Waals surface area contributed by atoms with E-state index >= 15 is 0 Å². The summed E-state index contributed by atoms with van der Waals surface area (Å²) in [5, 5.41) is 1.10. The van der Waals surface area contributed by atoms with Crippen LogP contribution in [-0.4, -0.2) is 33.4 Å². The molecule has 3 aromatic rings. The van der Waals surface area contributed by atoms with Gasteiger partial charge in [0.25, 0.3) is 0 Å². The maximum Gasteiger partial charge on any atom is 0.242 e. The van der Waals surface area contributed by atoms with E-state index in [1.807, 2.05) is 39.8 Å². The molecule has 1 amide bonds. The fourth-order valence-electron chi connectivity index (χ4n) is 3.61. The number of likely N-dealkylation sites (tertiary alicyclic amines) is 1. The first-order valence-electron chi connectivity index (χ1n) is 9.21. The van der Waals surface area contributed by atoms with Crippen molar-refractivity contribution >= 4 is 40.1 Å². The van der Waals surface area contributed by atoms with Crippen LogP contribution in [0.3, 0.4) is 0 Å². The Labute approximate surface area is 168 Å². The number of aromatic nitrogens is 2. The van der Waals surface area contributed by atoms with Crippen molar-refractivity contribution in [3.8, 4) is 11.4 Å². The Morgan fingerprint density at radius 1 is 1.15 bits per heavy atom. The van der Waals surface area contributed by atoms with E-state index in [-0.39, 0.29) is 12.5 Å². The summed E-state index contributed by atoms with van der Waals surface area (Å²) in [6, 6.07) is 13.2. The molecule has 4 rings (SSSR count). The number of amides is 1. The molecule has 6 heteroatoms. The van der Waals surface area contributed by atoms with Gasteiger partial charge in [-0.2, -0.15) is 0 Å². The molecule has 0 bridgehead atoms. The number of fused-ring (bicyclic) bond motifs is 1. The highest BCUT2D eigenvalue weighted by Gasteiger charge is 2.23. The second-order valence-corrected chi connectivity index (χ2v) is 8.04. The van der Waals surface area contributed by atoms with Gasteiger partial charge in [0, 0.05) is 23.7 Å². The van der Waals surface area contributed by atoms with Gasteiger partial charge in [-0.1, -0.05) is 42.3 Å². The lowest BCUT2D eigenvalue weighted by atomic mass is 9.99. The molecule has 0 unspecified atom stereocenters. The van der Waals surface area contributed by atoms with Gasteiger partial charge in [-0.25, -0.2) is 4.98 Å². The van der Waals surface area contributed by atoms with Crippen molar-refractivity contribution in [2.24, 2.45) is 5.92 Å². The van der Waals surface area contributed by atoms with Crippen LogP contribution in [0.25, 0.3) is 22.4 Å². The molecule has 0 saturated carbocycles. The molecule has 0 aliphatic carbocycles. The summed E-state index contributed by atoms with van der Waals surface area (Å²) in [7, 11) is 0. The van der Waals surface area contributed by atoms with Crippen molar-refractivity contribution < 1.29 is 4.79 Å². The van der Waals surface area contributed by atoms with Gasteiger partial charge in [0.05, 0.1) is 16.1 Å².